The predicted octanol–water partition coefficient (Wildman–Crippen LogP) is 2.73. The van der Waals surface area contributed by atoms with Crippen molar-refractivity contribution in [1.29, 1.82) is 0 Å². The van der Waals surface area contributed by atoms with Crippen LogP contribution in [0.2, 0.25) is 5.02 Å². The number of pyridine rings is 1. The van der Waals surface area contributed by atoms with Crippen molar-refractivity contribution in [2.24, 2.45) is 0 Å². The molecule has 0 bridgehead atoms. The number of amides is 2. The lowest BCUT2D eigenvalue weighted by molar-refractivity contribution is -0.128. The Morgan fingerprint density at radius 2 is 2.06 bits per heavy atom. The molecule has 2 amide bonds. The monoisotopic (exact) mass is 500 g/mol. The number of nitrogens with zero attached hydrogens (tertiary/aromatic N) is 4. The minimum atomic E-state index is -0.585. The summed E-state index contributed by atoms with van der Waals surface area (Å²) in [5.41, 5.74) is 0.556. The van der Waals surface area contributed by atoms with Crippen molar-refractivity contribution in [2.45, 2.75) is 31.5 Å². The molecule has 2 fully saturated rings. The number of hydrogen-bond acceptors (Lipinski definition) is 6. The lowest BCUT2D eigenvalue weighted by atomic mass is 10.1. The van der Waals surface area contributed by atoms with E-state index >= 15 is 0 Å². The van der Waals surface area contributed by atoms with E-state index in [0.717, 1.165) is 0 Å². The number of carbonyl (C=O) groups excluding carboxylic acids is 2. The van der Waals surface area contributed by atoms with Crippen LogP contribution in [-0.2, 0) is 4.79 Å². The van der Waals surface area contributed by atoms with Gasteiger partial charge in [-0.3, -0.25) is 9.59 Å². The van der Waals surface area contributed by atoms with E-state index < -0.39 is 18.0 Å². The van der Waals surface area contributed by atoms with Crippen molar-refractivity contribution in [3.63, 3.8) is 0 Å². The van der Waals surface area contributed by atoms with Crippen LogP contribution in [-0.4, -0.2) is 82.7 Å². The molecule has 2 unspecified atom stereocenters. The number of anilines is 1. The number of aliphatic hydroxyl groups is 1. The number of benzene rings is 1. The normalized spacial score (nSPS) is 23.9. The molecule has 3 aliphatic rings. The first-order valence-electron chi connectivity index (χ1n) is 11.6. The number of hydrogen-bond donors (Lipinski definition) is 1. The fraction of sp³-hybridized carbons (Fsp3) is 0.400. The number of rotatable bonds is 3. The molecule has 0 saturated carbocycles. The van der Waals surface area contributed by atoms with E-state index in [0.29, 0.717) is 31.9 Å². The standard InChI is InChI=1S/C25H26ClFN4O4/c1-3-19(33)29-8-9-30-15(11-29)13-35-23-20(25(30)34)24(31-12-16(32)10-14(31)2)28-22(21(23)26)17-6-4-5-7-18(17)27/h3-7,14-16,32H,1,8-13H2,2H3/t14-,15?,16?/m0/s1. The lowest BCUT2D eigenvalue weighted by Gasteiger charge is -2.39. The maximum absolute atomic E-state index is 14.8. The highest BCUT2D eigenvalue weighted by Gasteiger charge is 2.42. The molecule has 4 heterocycles. The number of piperazine rings is 1. The second-order valence-corrected chi connectivity index (χ2v) is 9.50. The molecule has 1 N–H and O–H groups in total. The highest BCUT2D eigenvalue weighted by molar-refractivity contribution is 6.35. The van der Waals surface area contributed by atoms with E-state index in [1.54, 1.807) is 28.0 Å². The van der Waals surface area contributed by atoms with Crippen LogP contribution in [0, 0.1) is 5.82 Å². The molecular formula is C25H26ClFN4O4. The van der Waals surface area contributed by atoms with Crippen molar-refractivity contribution < 1.29 is 23.8 Å². The Morgan fingerprint density at radius 3 is 2.74 bits per heavy atom. The van der Waals surface area contributed by atoms with E-state index in [9.17, 15) is 19.1 Å². The zero-order valence-corrected chi connectivity index (χ0v) is 20.0. The van der Waals surface area contributed by atoms with Crippen LogP contribution in [0.3, 0.4) is 0 Å². The Hall–Kier alpha value is -3.17. The second-order valence-electron chi connectivity index (χ2n) is 9.12. The zero-order valence-electron chi connectivity index (χ0n) is 19.3. The van der Waals surface area contributed by atoms with E-state index in [2.05, 4.69) is 6.58 Å². The number of halogens is 2. The van der Waals surface area contributed by atoms with Gasteiger partial charge in [0.05, 0.1) is 17.8 Å². The lowest BCUT2D eigenvalue weighted by Crippen LogP contribution is -2.57. The molecule has 1 aromatic carbocycles. The van der Waals surface area contributed by atoms with Crippen LogP contribution in [0.25, 0.3) is 11.3 Å². The number of ether oxygens (including phenoxy) is 1. The van der Waals surface area contributed by atoms with E-state index in [-0.39, 0.29) is 58.6 Å². The third kappa shape index (κ3) is 4.02. The zero-order chi connectivity index (χ0) is 24.9. The van der Waals surface area contributed by atoms with E-state index in [1.165, 1.54) is 12.1 Å². The maximum Gasteiger partial charge on any atom is 0.261 e. The van der Waals surface area contributed by atoms with Gasteiger partial charge >= 0.3 is 0 Å². The first-order valence-corrected chi connectivity index (χ1v) is 12.0. The number of β-amino-alcohol motifs (C(OH)–C–C–N with tert-alkyl or cyclic N) is 1. The van der Waals surface area contributed by atoms with Gasteiger partial charge in [-0.2, -0.15) is 0 Å². The smallest absolute Gasteiger partial charge is 0.261 e. The molecule has 0 radical (unpaired) electrons. The van der Waals surface area contributed by atoms with Crippen molar-refractivity contribution in [3.05, 3.63) is 53.3 Å². The van der Waals surface area contributed by atoms with Gasteiger partial charge in [0.15, 0.2) is 5.75 Å². The Labute approximate surface area is 207 Å². The third-order valence-corrected chi connectivity index (χ3v) is 7.24. The van der Waals surface area contributed by atoms with Crippen molar-refractivity contribution >= 4 is 29.2 Å². The van der Waals surface area contributed by atoms with Crippen LogP contribution in [0.5, 0.6) is 5.75 Å². The maximum atomic E-state index is 14.8. The number of aromatic nitrogens is 1. The number of aliphatic hydroxyl groups excluding tert-OH is 1. The minimum absolute atomic E-state index is 0.0495. The van der Waals surface area contributed by atoms with Crippen molar-refractivity contribution in [2.75, 3.05) is 37.7 Å². The van der Waals surface area contributed by atoms with E-state index in [1.807, 2.05) is 11.8 Å². The van der Waals surface area contributed by atoms with E-state index in [4.69, 9.17) is 21.3 Å². The third-order valence-electron chi connectivity index (χ3n) is 6.89. The predicted molar refractivity (Wildman–Crippen MR) is 129 cm³/mol. The largest absolute Gasteiger partial charge is 0.489 e. The summed E-state index contributed by atoms with van der Waals surface area (Å²) in [6.45, 7) is 6.84. The van der Waals surface area contributed by atoms with Gasteiger partial charge in [-0.05, 0) is 31.6 Å². The molecule has 8 nitrogen and oxygen atoms in total. The average Bonchev–Trinajstić information content (AvgIpc) is 3.11. The molecule has 0 spiro atoms. The molecule has 184 valence electrons. The summed E-state index contributed by atoms with van der Waals surface area (Å²) in [6.07, 6.45) is 1.18. The minimum Gasteiger partial charge on any atom is -0.489 e. The molecule has 1 aromatic heterocycles. The molecule has 2 saturated heterocycles. The van der Waals surface area contributed by atoms with Gasteiger partial charge in [-0.1, -0.05) is 30.3 Å². The van der Waals surface area contributed by atoms with Crippen LogP contribution in [0.15, 0.2) is 36.9 Å². The highest BCUT2D eigenvalue weighted by Crippen LogP contribution is 2.45. The molecular weight excluding hydrogens is 475 g/mol. The van der Waals surface area contributed by atoms with Gasteiger partial charge in [-0.25, -0.2) is 9.37 Å². The molecule has 3 atom stereocenters. The van der Waals surface area contributed by atoms with Crippen LogP contribution >= 0.6 is 11.6 Å². The summed E-state index contributed by atoms with van der Waals surface area (Å²) >= 11 is 6.74. The molecule has 3 aliphatic heterocycles. The second kappa shape index (κ2) is 9.13. The van der Waals surface area contributed by atoms with Gasteiger partial charge < -0.3 is 24.5 Å². The van der Waals surface area contributed by atoms with Crippen LogP contribution in [0.1, 0.15) is 23.7 Å². The summed E-state index contributed by atoms with van der Waals surface area (Å²) in [7, 11) is 0. The SMILES string of the molecule is C=CC(=O)N1CCN2C(=O)c3c(N4CC(O)C[C@@H]4C)nc(-c4ccccc4F)c(Cl)c3OCC2C1. The van der Waals surface area contributed by atoms with Gasteiger partial charge in [0.1, 0.15) is 28.8 Å². The first-order chi connectivity index (χ1) is 16.8. The van der Waals surface area contributed by atoms with Crippen LogP contribution < -0.4 is 9.64 Å². The topological polar surface area (TPSA) is 86.2 Å². The molecule has 5 rings (SSSR count). The molecule has 10 heteroatoms. The average molecular weight is 501 g/mol. The number of fused-ring (bicyclic) bond motifs is 2. The molecule has 0 aliphatic carbocycles. The summed E-state index contributed by atoms with van der Waals surface area (Å²) in [6, 6.07) is 5.65. The Morgan fingerprint density at radius 1 is 1.29 bits per heavy atom. The van der Waals surface area contributed by atoms with Crippen molar-refractivity contribution in [1.82, 2.24) is 14.8 Å². The Kier molecular flexibility index (Phi) is 6.14. The van der Waals surface area contributed by atoms with Gasteiger partial charge in [0.2, 0.25) is 5.91 Å². The quantitative estimate of drug-likeness (QED) is 0.652. The Bertz CT molecular complexity index is 1210. The van der Waals surface area contributed by atoms with Crippen LogP contribution in [0.4, 0.5) is 10.2 Å². The highest BCUT2D eigenvalue weighted by atomic mass is 35.5. The fourth-order valence-corrected chi connectivity index (χ4v) is 5.41. The summed E-state index contributed by atoms with van der Waals surface area (Å²) < 4.78 is 20.9. The van der Waals surface area contributed by atoms with Gasteiger partial charge in [0.25, 0.3) is 5.91 Å². The number of carbonyl (C=O) groups is 2. The van der Waals surface area contributed by atoms with Gasteiger partial charge in [-0.15, -0.1) is 0 Å². The van der Waals surface area contributed by atoms with Gasteiger partial charge in [0, 0.05) is 37.8 Å². The molecule has 2 aromatic rings. The first kappa shape index (κ1) is 23.6. The molecule has 35 heavy (non-hydrogen) atoms. The summed E-state index contributed by atoms with van der Waals surface area (Å²) in [4.78, 5) is 36.0. The van der Waals surface area contributed by atoms with Crippen molar-refractivity contribution in [3.8, 4) is 17.0 Å². The summed E-state index contributed by atoms with van der Waals surface area (Å²) in [5.74, 6) is -0.572. The summed E-state index contributed by atoms with van der Waals surface area (Å²) in [5, 5.41) is 10.4. The fourth-order valence-electron chi connectivity index (χ4n) is 5.11. The Balaban J connectivity index is 1.65.